The van der Waals surface area contributed by atoms with Crippen LogP contribution in [0.25, 0.3) is 38.9 Å². The van der Waals surface area contributed by atoms with E-state index in [9.17, 15) is 0 Å². The molecular weight excluding hydrogens is 494 g/mol. The molecular formula is C29H27N7O3. The fourth-order valence-corrected chi connectivity index (χ4v) is 5.21. The second kappa shape index (κ2) is 9.46. The van der Waals surface area contributed by atoms with E-state index in [0.29, 0.717) is 29.1 Å². The lowest BCUT2D eigenvalue weighted by atomic mass is 10.1. The number of aromatic nitrogens is 6. The van der Waals surface area contributed by atoms with Crippen LogP contribution in [0.3, 0.4) is 0 Å². The minimum Gasteiger partial charge on any atom is -0.494 e. The standard InChI is InChI=1S/C29H27N7O3/c1-17-32-23-10-8-18(14-25(23)38-17)21-16-30-27-26(21)28(39-20-6-3-4-7-20)35-29(34-27)33-22-11-9-19(15-24(22)37-2)36-13-5-12-31-36/h5,8-16,20H,3-4,6-7H2,1-2H3,(H2,30,33,34,35). The summed E-state index contributed by atoms with van der Waals surface area (Å²) < 4.78 is 19.7. The van der Waals surface area contributed by atoms with Gasteiger partial charge in [0.15, 0.2) is 11.5 Å². The molecule has 0 saturated heterocycles. The Morgan fingerprint density at radius 3 is 2.79 bits per heavy atom. The Morgan fingerprint density at radius 1 is 1.08 bits per heavy atom. The van der Waals surface area contributed by atoms with Crippen molar-refractivity contribution in [1.29, 1.82) is 0 Å². The molecule has 0 unspecified atom stereocenters. The van der Waals surface area contributed by atoms with Gasteiger partial charge < -0.3 is 24.2 Å². The Balaban J connectivity index is 1.29. The first-order valence-corrected chi connectivity index (χ1v) is 13.0. The first kappa shape index (κ1) is 23.3. The van der Waals surface area contributed by atoms with Crippen LogP contribution >= 0.6 is 0 Å². The van der Waals surface area contributed by atoms with Crippen LogP contribution in [0.2, 0.25) is 0 Å². The van der Waals surface area contributed by atoms with E-state index in [2.05, 4.69) is 20.4 Å². The number of ether oxygens (including phenoxy) is 2. The normalized spacial score (nSPS) is 13.9. The maximum absolute atomic E-state index is 6.51. The lowest BCUT2D eigenvalue weighted by Crippen LogP contribution is -2.13. The van der Waals surface area contributed by atoms with E-state index < -0.39 is 0 Å². The van der Waals surface area contributed by atoms with Crippen molar-refractivity contribution in [3.05, 3.63) is 66.9 Å². The lowest BCUT2D eigenvalue weighted by Gasteiger charge is -2.16. The number of hydrogen-bond acceptors (Lipinski definition) is 8. The highest BCUT2D eigenvalue weighted by molar-refractivity contribution is 5.99. The molecule has 0 bridgehead atoms. The number of aryl methyl sites for hydroxylation is 1. The Bertz CT molecular complexity index is 1780. The average molecular weight is 522 g/mol. The summed E-state index contributed by atoms with van der Waals surface area (Å²) in [6.07, 6.45) is 10.0. The molecule has 196 valence electrons. The van der Waals surface area contributed by atoms with Gasteiger partial charge in [-0.2, -0.15) is 15.1 Å². The van der Waals surface area contributed by atoms with Crippen molar-refractivity contribution >= 4 is 33.8 Å². The molecule has 1 saturated carbocycles. The summed E-state index contributed by atoms with van der Waals surface area (Å²) >= 11 is 0. The van der Waals surface area contributed by atoms with Crippen molar-refractivity contribution < 1.29 is 13.9 Å². The first-order chi connectivity index (χ1) is 19.1. The zero-order valence-electron chi connectivity index (χ0n) is 21.6. The monoisotopic (exact) mass is 521 g/mol. The van der Waals surface area contributed by atoms with E-state index in [1.807, 2.05) is 61.8 Å². The molecule has 10 heteroatoms. The predicted molar refractivity (Wildman–Crippen MR) is 148 cm³/mol. The van der Waals surface area contributed by atoms with Crippen LogP contribution in [0, 0.1) is 6.92 Å². The third-order valence-electron chi connectivity index (χ3n) is 7.09. The SMILES string of the molecule is COc1cc(-n2cccn2)ccc1Nc1nc(OC2CCCC2)c2c(-c3ccc4nc(C)oc4c3)c[nH]c2n1. The van der Waals surface area contributed by atoms with Crippen LogP contribution in [0.15, 0.2) is 65.5 Å². The van der Waals surface area contributed by atoms with Crippen LogP contribution in [0.1, 0.15) is 31.6 Å². The number of nitrogens with one attached hydrogen (secondary N) is 2. The van der Waals surface area contributed by atoms with E-state index in [-0.39, 0.29) is 6.10 Å². The Kier molecular flexibility index (Phi) is 5.65. The van der Waals surface area contributed by atoms with Crippen molar-refractivity contribution in [1.82, 2.24) is 29.7 Å². The number of oxazole rings is 1. The van der Waals surface area contributed by atoms with Gasteiger partial charge in [0.25, 0.3) is 0 Å². The van der Waals surface area contributed by atoms with Gasteiger partial charge in [0.1, 0.15) is 23.0 Å². The third-order valence-corrected chi connectivity index (χ3v) is 7.09. The number of hydrogen-bond donors (Lipinski definition) is 2. The van der Waals surface area contributed by atoms with E-state index in [4.69, 9.17) is 23.9 Å². The molecule has 39 heavy (non-hydrogen) atoms. The number of H-pyrrole nitrogens is 1. The fraction of sp³-hybridized carbons (Fsp3) is 0.241. The summed E-state index contributed by atoms with van der Waals surface area (Å²) in [4.78, 5) is 17.4. The second-order valence-corrected chi connectivity index (χ2v) is 9.68. The van der Waals surface area contributed by atoms with Crippen molar-refractivity contribution in [2.45, 2.75) is 38.7 Å². The van der Waals surface area contributed by atoms with Gasteiger partial charge in [-0.05, 0) is 61.6 Å². The molecule has 0 amide bonds. The van der Waals surface area contributed by atoms with Gasteiger partial charge in [-0.15, -0.1) is 0 Å². The molecule has 0 atom stereocenters. The van der Waals surface area contributed by atoms with Gasteiger partial charge >= 0.3 is 0 Å². The quantitative estimate of drug-likeness (QED) is 0.250. The third kappa shape index (κ3) is 4.33. The van der Waals surface area contributed by atoms with Crippen molar-refractivity contribution in [2.75, 3.05) is 12.4 Å². The molecule has 0 radical (unpaired) electrons. The van der Waals surface area contributed by atoms with Crippen LogP contribution in [-0.4, -0.2) is 42.9 Å². The van der Waals surface area contributed by atoms with E-state index in [0.717, 1.165) is 64.7 Å². The summed E-state index contributed by atoms with van der Waals surface area (Å²) in [7, 11) is 1.64. The van der Waals surface area contributed by atoms with Crippen molar-refractivity contribution in [3.8, 4) is 28.4 Å². The summed E-state index contributed by atoms with van der Waals surface area (Å²) in [5.74, 6) is 2.24. The molecule has 0 spiro atoms. The first-order valence-electron chi connectivity index (χ1n) is 13.0. The maximum atomic E-state index is 6.51. The number of anilines is 2. The highest BCUT2D eigenvalue weighted by atomic mass is 16.5. The Morgan fingerprint density at radius 2 is 1.97 bits per heavy atom. The van der Waals surface area contributed by atoms with Gasteiger partial charge in [-0.25, -0.2) is 9.67 Å². The zero-order valence-corrected chi connectivity index (χ0v) is 21.6. The topological polar surface area (TPSA) is 116 Å². The molecule has 7 rings (SSSR count). The average Bonchev–Trinajstić information content (AvgIpc) is 3.75. The van der Waals surface area contributed by atoms with Gasteiger partial charge in [-0.3, -0.25) is 0 Å². The Labute approximate surface area is 224 Å². The number of aromatic amines is 1. The van der Waals surface area contributed by atoms with Crippen LogP contribution < -0.4 is 14.8 Å². The number of benzene rings is 2. The number of rotatable bonds is 7. The molecule has 0 aliphatic heterocycles. The van der Waals surface area contributed by atoms with E-state index in [1.165, 1.54) is 0 Å². The summed E-state index contributed by atoms with van der Waals surface area (Å²) in [5, 5.41) is 8.47. The molecule has 1 aliphatic carbocycles. The molecule has 1 aliphatic rings. The zero-order chi connectivity index (χ0) is 26.3. The number of methoxy groups -OCH3 is 1. The van der Waals surface area contributed by atoms with Gasteiger partial charge in [0, 0.05) is 37.1 Å². The van der Waals surface area contributed by atoms with Gasteiger partial charge in [0.05, 0.1) is 23.9 Å². The van der Waals surface area contributed by atoms with Crippen LogP contribution in [0.4, 0.5) is 11.6 Å². The van der Waals surface area contributed by atoms with E-state index in [1.54, 1.807) is 18.0 Å². The second-order valence-electron chi connectivity index (χ2n) is 9.68. The van der Waals surface area contributed by atoms with Crippen LogP contribution in [0.5, 0.6) is 11.6 Å². The summed E-state index contributed by atoms with van der Waals surface area (Å²) in [6.45, 7) is 1.85. The molecule has 1 fully saturated rings. The van der Waals surface area contributed by atoms with Crippen molar-refractivity contribution in [3.63, 3.8) is 0 Å². The molecule has 4 aromatic heterocycles. The summed E-state index contributed by atoms with van der Waals surface area (Å²) in [6, 6.07) is 13.7. The predicted octanol–water partition coefficient (Wildman–Crippen LogP) is 6.33. The molecule has 6 aromatic rings. The number of nitrogens with zero attached hydrogens (tertiary/aromatic N) is 5. The molecule has 4 heterocycles. The fourth-order valence-electron chi connectivity index (χ4n) is 5.21. The largest absolute Gasteiger partial charge is 0.494 e. The Hall–Kier alpha value is -4.86. The van der Waals surface area contributed by atoms with E-state index >= 15 is 0 Å². The van der Waals surface area contributed by atoms with Crippen molar-refractivity contribution in [2.24, 2.45) is 0 Å². The smallest absolute Gasteiger partial charge is 0.232 e. The molecule has 2 N–H and O–H groups in total. The highest BCUT2D eigenvalue weighted by Gasteiger charge is 2.23. The van der Waals surface area contributed by atoms with Crippen LogP contribution in [-0.2, 0) is 0 Å². The minimum absolute atomic E-state index is 0.126. The lowest BCUT2D eigenvalue weighted by molar-refractivity contribution is 0.204. The minimum atomic E-state index is 0.126. The maximum Gasteiger partial charge on any atom is 0.232 e. The molecule has 2 aromatic carbocycles. The summed E-state index contributed by atoms with van der Waals surface area (Å²) in [5.41, 5.74) is 5.78. The number of fused-ring (bicyclic) bond motifs is 2. The van der Waals surface area contributed by atoms with Gasteiger partial charge in [-0.1, -0.05) is 6.07 Å². The van der Waals surface area contributed by atoms with Gasteiger partial charge in [0.2, 0.25) is 11.8 Å². The molecule has 10 nitrogen and oxygen atoms in total. The highest BCUT2D eigenvalue weighted by Crippen LogP contribution is 2.38.